The van der Waals surface area contributed by atoms with Crippen molar-refractivity contribution in [3.05, 3.63) is 88.9 Å². The summed E-state index contributed by atoms with van der Waals surface area (Å²) >= 11 is 7.31. The number of carbonyl (C=O) groups is 1. The fraction of sp³-hybridized carbons (Fsp3) is 0.0870. The number of halogens is 1. The Kier molecular flexibility index (Phi) is 6.86. The Balaban J connectivity index is 1.22. The normalized spacial score (nSPS) is 11.1. The van der Waals surface area contributed by atoms with Crippen LogP contribution >= 0.6 is 23.4 Å². The average Bonchev–Trinajstić information content (AvgIpc) is 3.20. The highest BCUT2D eigenvalue weighted by atomic mass is 35.5. The Morgan fingerprint density at radius 1 is 1.13 bits per heavy atom. The van der Waals surface area contributed by atoms with Gasteiger partial charge in [0.2, 0.25) is 0 Å². The summed E-state index contributed by atoms with van der Waals surface area (Å²) in [5.74, 6) is 0.750. The predicted molar refractivity (Wildman–Crippen MR) is 125 cm³/mol. The van der Waals surface area contributed by atoms with Crippen LogP contribution in [0.4, 0.5) is 0 Å². The van der Waals surface area contributed by atoms with E-state index in [2.05, 4.69) is 20.5 Å². The van der Waals surface area contributed by atoms with Crippen molar-refractivity contribution in [1.29, 1.82) is 0 Å². The predicted octanol–water partition coefficient (Wildman–Crippen LogP) is 5.04. The van der Waals surface area contributed by atoms with E-state index in [1.807, 2.05) is 72.8 Å². The largest absolute Gasteiger partial charge is 0.489 e. The molecule has 4 aromatic rings. The number of hydrazone groups is 1. The Labute approximate surface area is 188 Å². The number of rotatable bonds is 8. The van der Waals surface area contributed by atoms with Gasteiger partial charge in [-0.2, -0.15) is 5.10 Å². The van der Waals surface area contributed by atoms with Gasteiger partial charge < -0.3 is 9.72 Å². The van der Waals surface area contributed by atoms with Crippen LogP contribution in [0.1, 0.15) is 11.1 Å². The maximum absolute atomic E-state index is 12.0. The number of fused-ring (bicyclic) bond motifs is 1. The zero-order chi connectivity index (χ0) is 21.5. The summed E-state index contributed by atoms with van der Waals surface area (Å²) in [5, 5.41) is 5.39. The lowest BCUT2D eigenvalue weighted by molar-refractivity contribution is -0.118. The van der Waals surface area contributed by atoms with Gasteiger partial charge in [-0.25, -0.2) is 10.4 Å². The number of imidazole rings is 1. The van der Waals surface area contributed by atoms with Crippen LogP contribution in [0.3, 0.4) is 0 Å². The monoisotopic (exact) mass is 450 g/mol. The molecular formula is C23H19ClN4O2S. The van der Waals surface area contributed by atoms with Gasteiger partial charge in [0.15, 0.2) is 5.16 Å². The van der Waals surface area contributed by atoms with Gasteiger partial charge in [-0.05, 0) is 59.7 Å². The van der Waals surface area contributed by atoms with Crippen LogP contribution in [0.25, 0.3) is 11.0 Å². The van der Waals surface area contributed by atoms with E-state index < -0.39 is 0 Å². The molecule has 0 saturated carbocycles. The van der Waals surface area contributed by atoms with Crippen molar-refractivity contribution >= 4 is 46.5 Å². The Bertz CT molecular complexity index is 1170. The molecule has 0 atom stereocenters. The van der Waals surface area contributed by atoms with Gasteiger partial charge in [-0.1, -0.05) is 47.6 Å². The lowest BCUT2D eigenvalue weighted by Gasteiger charge is -2.06. The smallest absolute Gasteiger partial charge is 0.250 e. The van der Waals surface area contributed by atoms with E-state index in [-0.39, 0.29) is 11.7 Å². The van der Waals surface area contributed by atoms with Gasteiger partial charge in [-0.15, -0.1) is 0 Å². The van der Waals surface area contributed by atoms with E-state index in [1.165, 1.54) is 11.8 Å². The SMILES string of the molecule is O=C(CSc1nc2ccccc2[nH]1)N/N=C/c1ccc(OCc2cccc(Cl)c2)cc1. The molecule has 0 aliphatic heterocycles. The Hall–Kier alpha value is -3.29. The molecule has 6 nitrogen and oxygen atoms in total. The van der Waals surface area contributed by atoms with E-state index in [1.54, 1.807) is 6.21 Å². The topological polar surface area (TPSA) is 79.4 Å². The molecule has 156 valence electrons. The Morgan fingerprint density at radius 3 is 2.77 bits per heavy atom. The lowest BCUT2D eigenvalue weighted by atomic mass is 10.2. The second-order valence-electron chi connectivity index (χ2n) is 6.63. The summed E-state index contributed by atoms with van der Waals surface area (Å²) in [6.07, 6.45) is 1.59. The van der Waals surface area contributed by atoms with Crippen LogP contribution in [0, 0.1) is 0 Å². The number of H-pyrrole nitrogens is 1. The highest BCUT2D eigenvalue weighted by Crippen LogP contribution is 2.19. The standard InChI is InChI=1S/C23H19ClN4O2S/c24-18-5-3-4-17(12-18)14-30-19-10-8-16(9-11-19)13-25-28-22(29)15-31-23-26-20-6-1-2-7-21(20)27-23/h1-13H,14-15H2,(H,26,27)(H,28,29)/b25-13+. The van der Waals surface area contributed by atoms with Crippen molar-refractivity contribution in [2.45, 2.75) is 11.8 Å². The number of nitrogens with one attached hydrogen (secondary N) is 2. The van der Waals surface area contributed by atoms with Gasteiger partial charge >= 0.3 is 0 Å². The summed E-state index contributed by atoms with van der Waals surface area (Å²) in [5.41, 5.74) is 6.20. The van der Waals surface area contributed by atoms with Crippen LogP contribution in [-0.4, -0.2) is 27.8 Å². The zero-order valence-corrected chi connectivity index (χ0v) is 18.0. The van der Waals surface area contributed by atoms with Crippen molar-refractivity contribution in [1.82, 2.24) is 15.4 Å². The molecule has 0 fully saturated rings. The highest BCUT2D eigenvalue weighted by Gasteiger charge is 2.06. The first-order chi connectivity index (χ1) is 15.2. The lowest BCUT2D eigenvalue weighted by Crippen LogP contribution is -2.19. The van der Waals surface area contributed by atoms with E-state index in [9.17, 15) is 4.79 Å². The number of hydrogen-bond donors (Lipinski definition) is 2. The number of aromatic nitrogens is 2. The van der Waals surface area contributed by atoms with Crippen molar-refractivity contribution in [2.75, 3.05) is 5.75 Å². The summed E-state index contributed by atoms with van der Waals surface area (Å²) in [6.45, 7) is 0.437. The van der Waals surface area contributed by atoms with E-state index in [0.717, 1.165) is 27.9 Å². The van der Waals surface area contributed by atoms with Crippen molar-refractivity contribution in [2.24, 2.45) is 5.10 Å². The van der Waals surface area contributed by atoms with Crippen LogP contribution < -0.4 is 10.2 Å². The minimum absolute atomic E-state index is 0.205. The van der Waals surface area contributed by atoms with E-state index in [0.29, 0.717) is 16.8 Å². The summed E-state index contributed by atoms with van der Waals surface area (Å²) in [6, 6.07) is 22.7. The molecular weight excluding hydrogens is 432 g/mol. The third kappa shape index (κ3) is 6.10. The molecule has 8 heteroatoms. The molecule has 1 heterocycles. The third-order valence-corrected chi connectivity index (χ3v) is 5.39. The van der Waals surface area contributed by atoms with Crippen molar-refractivity contribution in [3.8, 4) is 5.75 Å². The maximum Gasteiger partial charge on any atom is 0.250 e. The Morgan fingerprint density at radius 2 is 1.97 bits per heavy atom. The van der Waals surface area contributed by atoms with Gasteiger partial charge in [0.25, 0.3) is 5.91 Å². The third-order valence-electron chi connectivity index (χ3n) is 4.29. The molecule has 31 heavy (non-hydrogen) atoms. The van der Waals surface area contributed by atoms with Gasteiger partial charge in [0, 0.05) is 5.02 Å². The summed E-state index contributed by atoms with van der Waals surface area (Å²) in [7, 11) is 0. The maximum atomic E-state index is 12.0. The minimum atomic E-state index is -0.205. The van der Waals surface area contributed by atoms with Crippen LogP contribution in [0.2, 0.25) is 5.02 Å². The second kappa shape index (κ2) is 10.1. The fourth-order valence-corrected chi connectivity index (χ4v) is 3.68. The highest BCUT2D eigenvalue weighted by molar-refractivity contribution is 7.99. The number of aromatic amines is 1. The van der Waals surface area contributed by atoms with Crippen LogP contribution in [0.5, 0.6) is 5.75 Å². The number of carbonyl (C=O) groups excluding carboxylic acids is 1. The summed E-state index contributed by atoms with van der Waals surface area (Å²) < 4.78 is 5.76. The molecule has 0 spiro atoms. The van der Waals surface area contributed by atoms with Crippen molar-refractivity contribution in [3.63, 3.8) is 0 Å². The molecule has 4 rings (SSSR count). The first kappa shape index (κ1) is 21.0. The first-order valence-electron chi connectivity index (χ1n) is 9.52. The number of benzene rings is 3. The van der Waals surface area contributed by atoms with Gasteiger partial charge in [0.1, 0.15) is 12.4 Å². The molecule has 3 aromatic carbocycles. The minimum Gasteiger partial charge on any atom is -0.489 e. The molecule has 0 bridgehead atoms. The molecule has 0 aliphatic rings. The number of nitrogens with zero attached hydrogens (tertiary/aromatic N) is 2. The first-order valence-corrected chi connectivity index (χ1v) is 10.9. The molecule has 0 aliphatic carbocycles. The number of hydrogen-bond acceptors (Lipinski definition) is 5. The second-order valence-corrected chi connectivity index (χ2v) is 8.03. The van der Waals surface area contributed by atoms with E-state index >= 15 is 0 Å². The fourth-order valence-electron chi connectivity index (χ4n) is 2.79. The number of para-hydroxylation sites is 2. The quantitative estimate of drug-likeness (QED) is 0.224. The molecule has 1 amide bonds. The van der Waals surface area contributed by atoms with Gasteiger partial charge in [-0.3, -0.25) is 4.79 Å². The number of amides is 1. The van der Waals surface area contributed by atoms with E-state index in [4.69, 9.17) is 16.3 Å². The van der Waals surface area contributed by atoms with Crippen LogP contribution in [0.15, 0.2) is 83.1 Å². The molecule has 0 unspecified atom stereocenters. The average molecular weight is 451 g/mol. The van der Waals surface area contributed by atoms with Gasteiger partial charge in [0.05, 0.1) is 23.0 Å². The molecule has 1 aromatic heterocycles. The van der Waals surface area contributed by atoms with Crippen LogP contribution in [-0.2, 0) is 11.4 Å². The molecule has 0 saturated heterocycles. The summed E-state index contributed by atoms with van der Waals surface area (Å²) in [4.78, 5) is 19.6. The van der Waals surface area contributed by atoms with Crippen molar-refractivity contribution < 1.29 is 9.53 Å². The molecule has 0 radical (unpaired) electrons. The molecule has 2 N–H and O–H groups in total. The number of thioether (sulfide) groups is 1. The number of ether oxygens (including phenoxy) is 1. The zero-order valence-electron chi connectivity index (χ0n) is 16.4.